The van der Waals surface area contributed by atoms with Crippen molar-refractivity contribution < 1.29 is 5.11 Å². The van der Waals surface area contributed by atoms with Gasteiger partial charge in [-0.05, 0) is 11.6 Å². The summed E-state index contributed by atoms with van der Waals surface area (Å²) in [5.74, 6) is 0. The van der Waals surface area contributed by atoms with Crippen molar-refractivity contribution in [3.8, 4) is 0 Å². The van der Waals surface area contributed by atoms with E-state index >= 15 is 0 Å². The van der Waals surface area contributed by atoms with E-state index in [0.29, 0.717) is 6.54 Å². The Kier molecular flexibility index (Phi) is 2.04. The molecule has 1 aromatic heterocycles. The molecule has 0 aliphatic carbocycles. The number of nitrogens with one attached hydrogen (secondary N) is 1. The third-order valence-electron chi connectivity index (χ3n) is 2.19. The number of benzene rings is 1. The fourth-order valence-electron chi connectivity index (χ4n) is 1.53. The standard InChI is InChI=1S/C10H12N2O/c11-5-8-3-1-2-7-4-9(6-13)12-10(7)8/h1-4,12-13H,5-6,11H2. The van der Waals surface area contributed by atoms with Crippen molar-refractivity contribution in [1.82, 2.24) is 4.98 Å². The Labute approximate surface area is 76.2 Å². The minimum Gasteiger partial charge on any atom is -0.390 e. The van der Waals surface area contributed by atoms with Crippen molar-refractivity contribution in [2.45, 2.75) is 13.2 Å². The number of aliphatic hydroxyl groups is 1. The normalized spacial score (nSPS) is 10.9. The van der Waals surface area contributed by atoms with Gasteiger partial charge in [-0.1, -0.05) is 18.2 Å². The second kappa shape index (κ2) is 3.20. The number of aliphatic hydroxyl groups excluding tert-OH is 1. The average molecular weight is 176 g/mol. The molecule has 2 aromatic rings. The zero-order chi connectivity index (χ0) is 9.26. The predicted molar refractivity (Wildman–Crippen MR) is 52.1 cm³/mol. The minimum atomic E-state index is 0.0404. The fourth-order valence-corrected chi connectivity index (χ4v) is 1.53. The van der Waals surface area contributed by atoms with Crippen LogP contribution in [0.3, 0.4) is 0 Å². The molecule has 0 fully saturated rings. The first kappa shape index (κ1) is 8.29. The molecule has 3 nitrogen and oxygen atoms in total. The maximum Gasteiger partial charge on any atom is 0.0831 e. The van der Waals surface area contributed by atoms with E-state index in [9.17, 15) is 0 Å². The second-order valence-corrected chi connectivity index (χ2v) is 3.04. The Bertz CT molecular complexity index is 420. The van der Waals surface area contributed by atoms with Gasteiger partial charge in [-0.15, -0.1) is 0 Å². The molecule has 0 radical (unpaired) electrons. The minimum absolute atomic E-state index is 0.0404. The summed E-state index contributed by atoms with van der Waals surface area (Å²) in [7, 11) is 0. The zero-order valence-electron chi connectivity index (χ0n) is 7.25. The summed E-state index contributed by atoms with van der Waals surface area (Å²) in [5, 5.41) is 10.0. The highest BCUT2D eigenvalue weighted by molar-refractivity contribution is 5.83. The Hall–Kier alpha value is -1.32. The molecule has 0 bridgehead atoms. The number of hydrogen-bond acceptors (Lipinski definition) is 2. The fraction of sp³-hybridized carbons (Fsp3) is 0.200. The van der Waals surface area contributed by atoms with Gasteiger partial charge in [-0.2, -0.15) is 0 Å². The molecule has 0 atom stereocenters. The first-order valence-corrected chi connectivity index (χ1v) is 4.25. The van der Waals surface area contributed by atoms with Crippen LogP contribution in [0.2, 0.25) is 0 Å². The number of para-hydroxylation sites is 1. The molecule has 13 heavy (non-hydrogen) atoms. The van der Waals surface area contributed by atoms with Gasteiger partial charge in [-0.3, -0.25) is 0 Å². The van der Waals surface area contributed by atoms with E-state index < -0.39 is 0 Å². The lowest BCUT2D eigenvalue weighted by molar-refractivity contribution is 0.278. The first-order valence-electron chi connectivity index (χ1n) is 4.25. The summed E-state index contributed by atoms with van der Waals surface area (Å²) in [6, 6.07) is 7.90. The number of fused-ring (bicyclic) bond motifs is 1. The van der Waals surface area contributed by atoms with Crippen LogP contribution in [0.25, 0.3) is 10.9 Å². The van der Waals surface area contributed by atoms with Gasteiger partial charge < -0.3 is 15.8 Å². The van der Waals surface area contributed by atoms with Crippen LogP contribution in [0.1, 0.15) is 11.3 Å². The maximum absolute atomic E-state index is 8.94. The van der Waals surface area contributed by atoms with Crippen LogP contribution in [0.4, 0.5) is 0 Å². The van der Waals surface area contributed by atoms with E-state index in [1.165, 1.54) is 0 Å². The van der Waals surface area contributed by atoms with Crippen LogP contribution in [-0.2, 0) is 13.2 Å². The molecule has 1 aromatic carbocycles. The number of rotatable bonds is 2. The maximum atomic E-state index is 8.94. The third-order valence-corrected chi connectivity index (χ3v) is 2.19. The van der Waals surface area contributed by atoms with Crippen LogP contribution in [0.5, 0.6) is 0 Å². The van der Waals surface area contributed by atoms with Crippen molar-refractivity contribution in [2.24, 2.45) is 5.73 Å². The van der Waals surface area contributed by atoms with Crippen molar-refractivity contribution >= 4 is 10.9 Å². The van der Waals surface area contributed by atoms with Gasteiger partial charge in [-0.25, -0.2) is 0 Å². The Morgan fingerprint density at radius 1 is 1.38 bits per heavy atom. The van der Waals surface area contributed by atoms with Gasteiger partial charge in [0.1, 0.15) is 0 Å². The molecule has 0 saturated carbocycles. The topological polar surface area (TPSA) is 62.0 Å². The number of H-pyrrole nitrogens is 1. The molecule has 2 rings (SSSR count). The monoisotopic (exact) mass is 176 g/mol. The van der Waals surface area contributed by atoms with Gasteiger partial charge >= 0.3 is 0 Å². The lowest BCUT2D eigenvalue weighted by Crippen LogP contribution is -1.96. The molecule has 0 amide bonds. The average Bonchev–Trinajstić information content (AvgIpc) is 2.59. The van der Waals surface area contributed by atoms with Crippen molar-refractivity contribution in [1.29, 1.82) is 0 Å². The van der Waals surface area contributed by atoms with E-state index in [-0.39, 0.29) is 6.61 Å². The zero-order valence-corrected chi connectivity index (χ0v) is 7.25. The van der Waals surface area contributed by atoms with E-state index in [4.69, 9.17) is 10.8 Å². The van der Waals surface area contributed by atoms with Crippen LogP contribution >= 0.6 is 0 Å². The van der Waals surface area contributed by atoms with E-state index in [1.54, 1.807) is 0 Å². The number of nitrogens with two attached hydrogens (primary N) is 1. The molecule has 4 N–H and O–H groups in total. The summed E-state index contributed by atoms with van der Waals surface area (Å²) in [6.45, 7) is 0.557. The summed E-state index contributed by atoms with van der Waals surface area (Å²) in [6.07, 6.45) is 0. The molecular weight excluding hydrogens is 164 g/mol. The molecule has 3 heteroatoms. The van der Waals surface area contributed by atoms with E-state index in [2.05, 4.69) is 4.98 Å². The third kappa shape index (κ3) is 1.32. The van der Waals surface area contributed by atoms with Crippen molar-refractivity contribution in [2.75, 3.05) is 0 Å². The molecule has 0 aliphatic rings. The highest BCUT2D eigenvalue weighted by Gasteiger charge is 2.02. The SMILES string of the molecule is NCc1cccc2cc(CO)[nH]c12. The lowest BCUT2D eigenvalue weighted by Gasteiger charge is -1.97. The van der Waals surface area contributed by atoms with Gasteiger partial charge in [0.25, 0.3) is 0 Å². The van der Waals surface area contributed by atoms with E-state index in [1.807, 2.05) is 24.3 Å². The van der Waals surface area contributed by atoms with Gasteiger partial charge in [0.05, 0.1) is 12.1 Å². The predicted octanol–water partition coefficient (Wildman–Crippen LogP) is 1.12. The number of aromatic amines is 1. The Morgan fingerprint density at radius 3 is 2.92 bits per heavy atom. The largest absolute Gasteiger partial charge is 0.390 e. The summed E-state index contributed by atoms with van der Waals surface area (Å²) in [5.41, 5.74) is 8.53. The Morgan fingerprint density at radius 2 is 2.23 bits per heavy atom. The summed E-state index contributed by atoms with van der Waals surface area (Å²) >= 11 is 0. The smallest absolute Gasteiger partial charge is 0.0831 e. The first-order chi connectivity index (χ1) is 6.35. The van der Waals surface area contributed by atoms with Gasteiger partial charge in [0, 0.05) is 17.6 Å². The van der Waals surface area contributed by atoms with Gasteiger partial charge in [0.2, 0.25) is 0 Å². The highest BCUT2D eigenvalue weighted by Crippen LogP contribution is 2.18. The molecule has 0 unspecified atom stereocenters. The second-order valence-electron chi connectivity index (χ2n) is 3.04. The molecule has 0 saturated heterocycles. The number of hydrogen-bond donors (Lipinski definition) is 3. The van der Waals surface area contributed by atoms with Gasteiger partial charge in [0.15, 0.2) is 0 Å². The van der Waals surface area contributed by atoms with Crippen molar-refractivity contribution in [3.05, 3.63) is 35.5 Å². The summed E-state index contributed by atoms with van der Waals surface area (Å²) < 4.78 is 0. The van der Waals surface area contributed by atoms with E-state index in [0.717, 1.165) is 22.2 Å². The van der Waals surface area contributed by atoms with Crippen LogP contribution in [0.15, 0.2) is 24.3 Å². The lowest BCUT2D eigenvalue weighted by atomic mass is 10.1. The molecule has 0 aliphatic heterocycles. The number of aromatic nitrogens is 1. The highest BCUT2D eigenvalue weighted by atomic mass is 16.3. The molecule has 1 heterocycles. The van der Waals surface area contributed by atoms with Crippen molar-refractivity contribution in [3.63, 3.8) is 0 Å². The quantitative estimate of drug-likeness (QED) is 0.642. The van der Waals surface area contributed by atoms with Crippen LogP contribution in [0, 0.1) is 0 Å². The van der Waals surface area contributed by atoms with Crippen LogP contribution < -0.4 is 5.73 Å². The summed E-state index contributed by atoms with van der Waals surface area (Å²) in [4.78, 5) is 3.13. The molecule has 0 spiro atoms. The Balaban J connectivity index is 2.67. The molecular formula is C10H12N2O. The molecule has 68 valence electrons. The van der Waals surface area contributed by atoms with Crippen LogP contribution in [-0.4, -0.2) is 10.1 Å².